The third-order valence-electron chi connectivity index (χ3n) is 4.73. The van der Waals surface area contributed by atoms with Gasteiger partial charge in [-0.05, 0) is 50.3 Å². The van der Waals surface area contributed by atoms with Crippen molar-refractivity contribution < 1.29 is 24.2 Å². The molecule has 0 spiro atoms. The second-order valence-corrected chi connectivity index (χ2v) is 6.59. The smallest absolute Gasteiger partial charge is 0.306 e. The van der Waals surface area contributed by atoms with Crippen LogP contribution >= 0.6 is 0 Å². The fourth-order valence-corrected chi connectivity index (χ4v) is 3.35. The molecule has 1 heterocycles. The summed E-state index contributed by atoms with van der Waals surface area (Å²) in [6, 6.07) is 6.58. The predicted molar refractivity (Wildman–Crippen MR) is 90.3 cm³/mol. The van der Waals surface area contributed by atoms with Crippen molar-refractivity contribution in [1.29, 1.82) is 0 Å². The second kappa shape index (κ2) is 7.65. The van der Waals surface area contributed by atoms with Crippen molar-refractivity contribution in [2.75, 3.05) is 11.9 Å². The highest BCUT2D eigenvalue weighted by molar-refractivity contribution is 5.98. The number of carboxylic acid groups (broad SMARTS) is 1. The van der Waals surface area contributed by atoms with Gasteiger partial charge in [-0.1, -0.05) is 6.07 Å². The Hall–Kier alpha value is -2.41. The van der Waals surface area contributed by atoms with Crippen molar-refractivity contribution >= 4 is 23.5 Å². The number of ether oxygens (including phenoxy) is 1. The van der Waals surface area contributed by atoms with E-state index in [-0.39, 0.29) is 23.8 Å². The summed E-state index contributed by atoms with van der Waals surface area (Å²) in [7, 11) is 0. The standard InChI is InChI=1S/C18H22N2O5/c21-16(19-14-7-6-12(10-14)18(23)24)11-3-1-4-13(9-11)20-17(22)15-5-2-8-25-15/h1,3-4,9,12,14-15H,2,5-8,10H2,(H,19,21)(H,20,22)(H,23,24)/t12-,14+,15-/m0/s1. The van der Waals surface area contributed by atoms with E-state index in [2.05, 4.69) is 10.6 Å². The molecule has 0 unspecified atom stereocenters. The van der Waals surface area contributed by atoms with Gasteiger partial charge in [0.25, 0.3) is 11.8 Å². The Bertz CT molecular complexity index is 669. The summed E-state index contributed by atoms with van der Waals surface area (Å²) in [6.07, 6.45) is 2.85. The molecule has 25 heavy (non-hydrogen) atoms. The molecular weight excluding hydrogens is 324 g/mol. The number of hydrogen-bond donors (Lipinski definition) is 3. The number of rotatable bonds is 5. The van der Waals surface area contributed by atoms with E-state index >= 15 is 0 Å². The first-order chi connectivity index (χ1) is 12.0. The Balaban J connectivity index is 1.58. The van der Waals surface area contributed by atoms with Crippen molar-refractivity contribution in [3.05, 3.63) is 29.8 Å². The normalized spacial score (nSPS) is 25.5. The minimum Gasteiger partial charge on any atom is -0.481 e. The van der Waals surface area contributed by atoms with Gasteiger partial charge in [-0.3, -0.25) is 14.4 Å². The van der Waals surface area contributed by atoms with Gasteiger partial charge in [0.2, 0.25) is 0 Å². The lowest BCUT2D eigenvalue weighted by molar-refractivity contribution is -0.141. The average Bonchev–Trinajstić information content (AvgIpc) is 3.27. The molecule has 1 aliphatic heterocycles. The summed E-state index contributed by atoms with van der Waals surface area (Å²) >= 11 is 0. The molecule has 1 saturated carbocycles. The van der Waals surface area contributed by atoms with Gasteiger partial charge < -0.3 is 20.5 Å². The second-order valence-electron chi connectivity index (χ2n) is 6.59. The summed E-state index contributed by atoms with van der Waals surface area (Å²) in [5.74, 6) is -1.66. The third kappa shape index (κ3) is 4.36. The van der Waals surface area contributed by atoms with Crippen molar-refractivity contribution in [3.63, 3.8) is 0 Å². The highest BCUT2D eigenvalue weighted by Gasteiger charge is 2.30. The lowest BCUT2D eigenvalue weighted by atomic mass is 10.1. The van der Waals surface area contributed by atoms with E-state index in [4.69, 9.17) is 9.84 Å². The Kier molecular flexibility index (Phi) is 5.33. The number of aliphatic carboxylic acids is 1. The van der Waals surface area contributed by atoms with E-state index in [1.165, 1.54) is 0 Å². The molecule has 2 aliphatic rings. The summed E-state index contributed by atoms with van der Waals surface area (Å²) in [5, 5.41) is 14.7. The first kappa shape index (κ1) is 17.4. The zero-order valence-corrected chi connectivity index (χ0v) is 13.9. The molecule has 1 aliphatic carbocycles. The van der Waals surface area contributed by atoms with Crippen LogP contribution in [0.25, 0.3) is 0 Å². The predicted octanol–water partition coefficient (Wildman–Crippen LogP) is 1.79. The van der Waals surface area contributed by atoms with Gasteiger partial charge in [0.15, 0.2) is 0 Å². The number of carbonyl (C=O) groups excluding carboxylic acids is 2. The molecular formula is C18H22N2O5. The zero-order valence-electron chi connectivity index (χ0n) is 13.9. The molecule has 2 amide bonds. The number of amides is 2. The maximum Gasteiger partial charge on any atom is 0.306 e. The first-order valence-corrected chi connectivity index (χ1v) is 8.59. The maximum absolute atomic E-state index is 12.4. The number of hydrogen-bond acceptors (Lipinski definition) is 4. The molecule has 3 N–H and O–H groups in total. The van der Waals surface area contributed by atoms with Gasteiger partial charge in [-0.2, -0.15) is 0 Å². The van der Waals surface area contributed by atoms with Crippen molar-refractivity contribution in [2.24, 2.45) is 5.92 Å². The fraction of sp³-hybridized carbons (Fsp3) is 0.500. The summed E-state index contributed by atoms with van der Waals surface area (Å²) in [6.45, 7) is 0.596. The third-order valence-corrected chi connectivity index (χ3v) is 4.73. The van der Waals surface area contributed by atoms with E-state index in [0.29, 0.717) is 43.5 Å². The van der Waals surface area contributed by atoms with Crippen LogP contribution in [0.3, 0.4) is 0 Å². The van der Waals surface area contributed by atoms with Crippen molar-refractivity contribution in [1.82, 2.24) is 5.32 Å². The van der Waals surface area contributed by atoms with Crippen LogP contribution in [0, 0.1) is 5.92 Å². The first-order valence-electron chi connectivity index (χ1n) is 8.59. The Labute approximate surface area is 145 Å². The van der Waals surface area contributed by atoms with Gasteiger partial charge in [-0.25, -0.2) is 0 Å². The zero-order chi connectivity index (χ0) is 17.8. The van der Waals surface area contributed by atoms with E-state index < -0.39 is 12.1 Å². The van der Waals surface area contributed by atoms with Gasteiger partial charge in [-0.15, -0.1) is 0 Å². The van der Waals surface area contributed by atoms with Gasteiger partial charge in [0.1, 0.15) is 6.10 Å². The van der Waals surface area contributed by atoms with Crippen LogP contribution in [-0.4, -0.2) is 41.6 Å². The van der Waals surface area contributed by atoms with E-state index in [9.17, 15) is 14.4 Å². The molecule has 134 valence electrons. The number of nitrogens with one attached hydrogen (secondary N) is 2. The van der Waals surface area contributed by atoms with Crippen LogP contribution < -0.4 is 10.6 Å². The minimum atomic E-state index is -0.810. The van der Waals surface area contributed by atoms with Crippen molar-refractivity contribution in [2.45, 2.75) is 44.2 Å². The van der Waals surface area contributed by atoms with Crippen LogP contribution in [0.5, 0.6) is 0 Å². The topological polar surface area (TPSA) is 105 Å². The minimum absolute atomic E-state index is 0.126. The van der Waals surface area contributed by atoms with Gasteiger partial charge in [0.05, 0.1) is 5.92 Å². The van der Waals surface area contributed by atoms with Crippen molar-refractivity contribution in [3.8, 4) is 0 Å². The highest BCUT2D eigenvalue weighted by atomic mass is 16.5. The highest BCUT2D eigenvalue weighted by Crippen LogP contribution is 2.26. The van der Waals surface area contributed by atoms with E-state index in [1.807, 2.05) is 0 Å². The van der Waals surface area contributed by atoms with Crippen LogP contribution in [-0.2, 0) is 14.3 Å². The van der Waals surface area contributed by atoms with Gasteiger partial charge >= 0.3 is 5.97 Å². The molecule has 1 aromatic carbocycles. The van der Waals surface area contributed by atoms with Crippen LogP contribution in [0.4, 0.5) is 5.69 Å². The molecule has 2 fully saturated rings. The SMILES string of the molecule is O=C(N[C@@H]1CC[C@H](C(=O)O)C1)c1cccc(NC(=O)[C@@H]2CCCO2)c1. The van der Waals surface area contributed by atoms with Crippen LogP contribution in [0.2, 0.25) is 0 Å². The molecule has 0 bridgehead atoms. The van der Waals surface area contributed by atoms with Gasteiger partial charge in [0, 0.05) is 23.9 Å². The lowest BCUT2D eigenvalue weighted by Gasteiger charge is -2.14. The molecule has 1 saturated heterocycles. The van der Waals surface area contributed by atoms with Crippen LogP contribution in [0.1, 0.15) is 42.5 Å². The number of benzene rings is 1. The maximum atomic E-state index is 12.4. The monoisotopic (exact) mass is 346 g/mol. The molecule has 7 nitrogen and oxygen atoms in total. The average molecular weight is 346 g/mol. The van der Waals surface area contributed by atoms with E-state index in [1.54, 1.807) is 24.3 Å². The van der Waals surface area contributed by atoms with Crippen LogP contribution in [0.15, 0.2) is 24.3 Å². The van der Waals surface area contributed by atoms with E-state index in [0.717, 1.165) is 6.42 Å². The molecule has 3 atom stereocenters. The molecule has 3 rings (SSSR count). The summed E-state index contributed by atoms with van der Waals surface area (Å²) in [4.78, 5) is 35.5. The fourth-order valence-electron chi connectivity index (χ4n) is 3.35. The lowest BCUT2D eigenvalue weighted by Crippen LogP contribution is -2.33. The Morgan fingerprint density at radius 1 is 1.16 bits per heavy atom. The molecule has 0 aromatic heterocycles. The largest absolute Gasteiger partial charge is 0.481 e. The number of anilines is 1. The summed E-state index contributed by atoms with van der Waals surface area (Å²) in [5.41, 5.74) is 0.979. The quantitative estimate of drug-likeness (QED) is 0.754. The molecule has 1 aromatic rings. The summed E-state index contributed by atoms with van der Waals surface area (Å²) < 4.78 is 5.34. The number of carbonyl (C=O) groups is 3. The Morgan fingerprint density at radius 2 is 2.00 bits per heavy atom. The number of carboxylic acids is 1. The molecule has 0 radical (unpaired) electrons. The molecule has 7 heteroatoms. The Morgan fingerprint density at radius 3 is 2.68 bits per heavy atom.